The Bertz CT molecular complexity index is 563. The molecule has 1 N–H and O–H groups in total. The van der Waals surface area contributed by atoms with Crippen LogP contribution in [-0.2, 0) is 16.8 Å². The molecular weight excluding hydrogens is 248 g/mol. The largest absolute Gasteiger partial charge is 0.382 e. The Morgan fingerprint density at radius 1 is 1.00 bits per heavy atom. The lowest BCUT2D eigenvalue weighted by Gasteiger charge is -2.28. The minimum Gasteiger partial charge on any atom is -0.382 e. The second kappa shape index (κ2) is 6.21. The van der Waals surface area contributed by atoms with E-state index in [0.717, 1.165) is 11.1 Å². The minimum absolute atomic E-state index is 0.282. The Balaban J connectivity index is 2.31. The van der Waals surface area contributed by atoms with Crippen molar-refractivity contribution in [2.45, 2.75) is 25.9 Å². The standard InChI is InChI=1S/C18H22O2/c1-14-9-10-16(11-15(14)2)12-18(19,13-20-3)17-7-5-4-6-8-17/h4-11,19H,12-13H2,1-3H3. The third-order valence-electron chi connectivity index (χ3n) is 3.76. The summed E-state index contributed by atoms with van der Waals surface area (Å²) in [4.78, 5) is 0. The predicted octanol–water partition coefficient (Wildman–Crippen LogP) is 3.38. The molecule has 2 heteroatoms. The summed E-state index contributed by atoms with van der Waals surface area (Å²) in [5, 5.41) is 11.0. The summed E-state index contributed by atoms with van der Waals surface area (Å²) in [6, 6.07) is 16.0. The van der Waals surface area contributed by atoms with E-state index < -0.39 is 5.60 Å². The fourth-order valence-corrected chi connectivity index (χ4v) is 2.47. The molecule has 0 fully saturated rings. The molecule has 0 heterocycles. The van der Waals surface area contributed by atoms with E-state index in [1.165, 1.54) is 11.1 Å². The summed E-state index contributed by atoms with van der Waals surface area (Å²) < 4.78 is 5.24. The zero-order chi connectivity index (χ0) is 14.6. The number of benzene rings is 2. The van der Waals surface area contributed by atoms with Crippen molar-refractivity contribution in [2.24, 2.45) is 0 Å². The van der Waals surface area contributed by atoms with Crippen molar-refractivity contribution >= 4 is 0 Å². The highest BCUT2D eigenvalue weighted by Crippen LogP contribution is 2.27. The van der Waals surface area contributed by atoms with Crippen LogP contribution in [0.3, 0.4) is 0 Å². The molecule has 1 unspecified atom stereocenters. The molecule has 0 radical (unpaired) electrons. The molecule has 2 rings (SSSR count). The zero-order valence-electron chi connectivity index (χ0n) is 12.4. The lowest BCUT2D eigenvalue weighted by molar-refractivity contribution is -0.0355. The van der Waals surface area contributed by atoms with E-state index in [2.05, 4.69) is 32.0 Å². The summed E-state index contributed by atoms with van der Waals surface area (Å²) in [5.41, 5.74) is 3.54. The first-order valence-electron chi connectivity index (χ1n) is 6.88. The monoisotopic (exact) mass is 270 g/mol. The van der Waals surface area contributed by atoms with Gasteiger partial charge in [-0.25, -0.2) is 0 Å². The van der Waals surface area contributed by atoms with Crippen molar-refractivity contribution in [2.75, 3.05) is 13.7 Å². The quantitative estimate of drug-likeness (QED) is 0.902. The predicted molar refractivity (Wildman–Crippen MR) is 81.8 cm³/mol. The Morgan fingerprint density at radius 2 is 1.70 bits per heavy atom. The molecule has 0 aliphatic rings. The number of aliphatic hydroxyl groups is 1. The van der Waals surface area contributed by atoms with Gasteiger partial charge in [0.05, 0.1) is 6.61 Å². The van der Waals surface area contributed by atoms with Crippen LogP contribution >= 0.6 is 0 Å². The fraction of sp³-hybridized carbons (Fsp3) is 0.333. The summed E-state index contributed by atoms with van der Waals surface area (Å²) in [5.74, 6) is 0. The minimum atomic E-state index is -0.988. The highest BCUT2D eigenvalue weighted by Gasteiger charge is 2.29. The molecule has 20 heavy (non-hydrogen) atoms. The second-order valence-electron chi connectivity index (χ2n) is 5.43. The van der Waals surface area contributed by atoms with Gasteiger partial charge >= 0.3 is 0 Å². The normalized spacial score (nSPS) is 14.0. The van der Waals surface area contributed by atoms with Gasteiger partial charge < -0.3 is 9.84 Å². The van der Waals surface area contributed by atoms with Crippen LogP contribution in [-0.4, -0.2) is 18.8 Å². The smallest absolute Gasteiger partial charge is 0.117 e. The van der Waals surface area contributed by atoms with Gasteiger partial charge in [0.25, 0.3) is 0 Å². The number of rotatable bonds is 5. The van der Waals surface area contributed by atoms with Crippen LogP contribution in [0.25, 0.3) is 0 Å². The Labute approximate surface area is 121 Å². The van der Waals surface area contributed by atoms with Crippen LogP contribution in [0, 0.1) is 13.8 Å². The van der Waals surface area contributed by atoms with E-state index in [0.29, 0.717) is 6.42 Å². The molecule has 0 aromatic heterocycles. The summed E-state index contributed by atoms with van der Waals surface area (Å²) in [6.07, 6.45) is 0.548. The van der Waals surface area contributed by atoms with Gasteiger partial charge in [-0.05, 0) is 36.1 Å². The van der Waals surface area contributed by atoms with Gasteiger partial charge in [0, 0.05) is 13.5 Å². The lowest BCUT2D eigenvalue weighted by Crippen LogP contribution is -2.33. The van der Waals surface area contributed by atoms with E-state index in [9.17, 15) is 5.11 Å². The van der Waals surface area contributed by atoms with Gasteiger partial charge in [0.1, 0.15) is 5.60 Å². The topological polar surface area (TPSA) is 29.5 Å². The number of methoxy groups -OCH3 is 1. The Kier molecular flexibility index (Phi) is 4.58. The highest BCUT2D eigenvalue weighted by molar-refractivity contribution is 5.33. The maximum atomic E-state index is 11.0. The fourth-order valence-electron chi connectivity index (χ4n) is 2.47. The van der Waals surface area contributed by atoms with Crippen molar-refractivity contribution in [3.8, 4) is 0 Å². The van der Waals surface area contributed by atoms with Gasteiger partial charge in [-0.1, -0.05) is 48.5 Å². The molecule has 0 bridgehead atoms. The third kappa shape index (κ3) is 3.27. The molecule has 106 valence electrons. The molecular formula is C18H22O2. The van der Waals surface area contributed by atoms with Crippen molar-refractivity contribution in [1.82, 2.24) is 0 Å². The summed E-state index contributed by atoms with van der Waals surface area (Å²) >= 11 is 0. The van der Waals surface area contributed by atoms with E-state index in [1.54, 1.807) is 7.11 Å². The molecule has 0 aliphatic heterocycles. The Morgan fingerprint density at radius 3 is 2.30 bits per heavy atom. The first-order chi connectivity index (χ1) is 9.55. The number of ether oxygens (including phenoxy) is 1. The van der Waals surface area contributed by atoms with Crippen LogP contribution in [0.5, 0.6) is 0 Å². The van der Waals surface area contributed by atoms with Crippen LogP contribution in [0.1, 0.15) is 22.3 Å². The van der Waals surface area contributed by atoms with Crippen molar-refractivity contribution in [3.63, 3.8) is 0 Å². The maximum Gasteiger partial charge on any atom is 0.117 e. The molecule has 2 nitrogen and oxygen atoms in total. The van der Waals surface area contributed by atoms with Crippen LogP contribution in [0.15, 0.2) is 48.5 Å². The van der Waals surface area contributed by atoms with Crippen molar-refractivity contribution < 1.29 is 9.84 Å². The van der Waals surface area contributed by atoms with Crippen molar-refractivity contribution in [1.29, 1.82) is 0 Å². The average Bonchev–Trinajstić information content (AvgIpc) is 2.44. The van der Waals surface area contributed by atoms with Crippen LogP contribution < -0.4 is 0 Å². The molecule has 2 aromatic rings. The molecule has 0 spiro atoms. The number of aryl methyl sites for hydroxylation is 2. The first kappa shape index (κ1) is 14.8. The molecule has 0 saturated heterocycles. The summed E-state index contributed by atoms with van der Waals surface area (Å²) in [7, 11) is 1.62. The van der Waals surface area contributed by atoms with Gasteiger partial charge in [-0.15, -0.1) is 0 Å². The first-order valence-corrected chi connectivity index (χ1v) is 6.88. The zero-order valence-corrected chi connectivity index (χ0v) is 12.4. The van der Waals surface area contributed by atoms with Crippen LogP contribution in [0.2, 0.25) is 0 Å². The average molecular weight is 270 g/mol. The van der Waals surface area contributed by atoms with E-state index in [4.69, 9.17) is 4.74 Å². The third-order valence-corrected chi connectivity index (χ3v) is 3.76. The van der Waals surface area contributed by atoms with E-state index >= 15 is 0 Å². The van der Waals surface area contributed by atoms with Gasteiger partial charge in [0.2, 0.25) is 0 Å². The molecule has 0 amide bonds. The van der Waals surface area contributed by atoms with E-state index in [-0.39, 0.29) is 6.61 Å². The maximum absolute atomic E-state index is 11.0. The van der Waals surface area contributed by atoms with E-state index in [1.807, 2.05) is 30.3 Å². The molecule has 0 aliphatic carbocycles. The van der Waals surface area contributed by atoms with Gasteiger partial charge in [-0.2, -0.15) is 0 Å². The second-order valence-corrected chi connectivity index (χ2v) is 5.43. The van der Waals surface area contributed by atoms with Gasteiger partial charge in [-0.3, -0.25) is 0 Å². The summed E-state index contributed by atoms with van der Waals surface area (Å²) in [6.45, 7) is 4.47. The van der Waals surface area contributed by atoms with Crippen LogP contribution in [0.4, 0.5) is 0 Å². The molecule has 0 saturated carbocycles. The SMILES string of the molecule is COCC(O)(Cc1ccc(C)c(C)c1)c1ccccc1. The molecule has 1 atom stereocenters. The molecule has 2 aromatic carbocycles. The van der Waals surface area contributed by atoms with Crippen molar-refractivity contribution in [3.05, 3.63) is 70.8 Å². The number of hydrogen-bond donors (Lipinski definition) is 1. The highest BCUT2D eigenvalue weighted by atomic mass is 16.5. The Hall–Kier alpha value is -1.64. The lowest BCUT2D eigenvalue weighted by atomic mass is 9.87. The van der Waals surface area contributed by atoms with Gasteiger partial charge in [0.15, 0.2) is 0 Å². The number of hydrogen-bond acceptors (Lipinski definition) is 2.